The minimum atomic E-state index is -0.00708. The summed E-state index contributed by atoms with van der Waals surface area (Å²) in [5.74, 6) is 0. The molecule has 1 unspecified atom stereocenters. The Balaban J connectivity index is 2.47. The van der Waals surface area contributed by atoms with Gasteiger partial charge >= 0.3 is 0 Å². The van der Waals surface area contributed by atoms with E-state index < -0.39 is 0 Å². The molecule has 0 spiro atoms. The van der Waals surface area contributed by atoms with Gasteiger partial charge in [-0.1, -0.05) is 18.5 Å². The summed E-state index contributed by atoms with van der Waals surface area (Å²) < 4.78 is 1.96. The van der Waals surface area contributed by atoms with Gasteiger partial charge in [0.1, 0.15) is 0 Å². The van der Waals surface area contributed by atoms with Crippen molar-refractivity contribution in [2.45, 2.75) is 39.8 Å². The third kappa shape index (κ3) is 2.99. The maximum absolute atomic E-state index is 6.33. The number of rotatable bonds is 5. The monoisotopic (exact) mass is 298 g/mol. The van der Waals surface area contributed by atoms with E-state index in [1.165, 1.54) is 0 Å². The van der Waals surface area contributed by atoms with E-state index >= 15 is 0 Å². The molecule has 0 aliphatic carbocycles. The molecule has 2 rings (SSSR count). The van der Waals surface area contributed by atoms with Crippen LogP contribution in [0.3, 0.4) is 0 Å². The topological polar surface area (TPSA) is 42.7 Å². The maximum atomic E-state index is 6.33. The van der Waals surface area contributed by atoms with E-state index in [4.69, 9.17) is 11.6 Å². The molecule has 0 aromatic carbocycles. The third-order valence-corrected chi connectivity index (χ3v) is 3.97. The largest absolute Gasteiger partial charge is 0.304 e. The van der Waals surface area contributed by atoms with Crippen LogP contribution >= 0.6 is 22.9 Å². The van der Waals surface area contributed by atoms with E-state index in [1.54, 1.807) is 17.5 Å². The highest BCUT2D eigenvalue weighted by atomic mass is 35.5. The minimum Gasteiger partial charge on any atom is -0.304 e. The average molecular weight is 299 g/mol. The van der Waals surface area contributed by atoms with Crippen molar-refractivity contribution >= 4 is 22.9 Å². The predicted octanol–water partition coefficient (Wildman–Crippen LogP) is 3.58. The highest BCUT2D eigenvalue weighted by Gasteiger charge is 2.24. The summed E-state index contributed by atoms with van der Waals surface area (Å²) in [4.78, 5) is 4.58. The number of thiazole rings is 1. The van der Waals surface area contributed by atoms with Crippen molar-refractivity contribution in [2.24, 2.45) is 0 Å². The molecule has 0 aliphatic heterocycles. The van der Waals surface area contributed by atoms with E-state index in [0.717, 1.165) is 22.9 Å². The van der Waals surface area contributed by atoms with Crippen LogP contribution in [0.4, 0.5) is 0 Å². The standard InChI is InChI=1S/C13H19ClN4S/c1-5-15-12(11-7-19-9(4)17-11)13-10(14)6-16-18(13)8(2)3/h6-8,12,15H,5H2,1-4H3. The van der Waals surface area contributed by atoms with Crippen LogP contribution in [0.2, 0.25) is 5.02 Å². The SMILES string of the molecule is CCNC(c1csc(C)n1)c1c(Cl)cnn1C(C)C. The van der Waals surface area contributed by atoms with Crippen molar-refractivity contribution in [1.29, 1.82) is 0 Å². The van der Waals surface area contributed by atoms with Crippen molar-refractivity contribution in [3.63, 3.8) is 0 Å². The van der Waals surface area contributed by atoms with E-state index in [2.05, 4.69) is 41.6 Å². The quantitative estimate of drug-likeness (QED) is 0.917. The number of halogens is 1. The number of aryl methyl sites for hydroxylation is 1. The van der Waals surface area contributed by atoms with E-state index in [-0.39, 0.29) is 12.1 Å². The molecule has 2 heterocycles. The third-order valence-electron chi connectivity index (χ3n) is 2.89. The van der Waals surface area contributed by atoms with Crippen molar-refractivity contribution in [2.75, 3.05) is 6.54 Å². The summed E-state index contributed by atoms with van der Waals surface area (Å²) in [7, 11) is 0. The highest BCUT2D eigenvalue weighted by molar-refractivity contribution is 7.09. The molecular weight excluding hydrogens is 280 g/mol. The molecule has 0 bridgehead atoms. The Morgan fingerprint density at radius 2 is 2.21 bits per heavy atom. The lowest BCUT2D eigenvalue weighted by Gasteiger charge is -2.20. The van der Waals surface area contributed by atoms with Crippen LogP contribution in [-0.4, -0.2) is 21.3 Å². The fraction of sp³-hybridized carbons (Fsp3) is 0.538. The van der Waals surface area contributed by atoms with Gasteiger partial charge in [0.2, 0.25) is 0 Å². The molecule has 1 atom stereocenters. The summed E-state index contributed by atoms with van der Waals surface area (Å²) in [6, 6.07) is 0.260. The van der Waals surface area contributed by atoms with Crippen molar-refractivity contribution < 1.29 is 0 Å². The summed E-state index contributed by atoms with van der Waals surface area (Å²) in [6.45, 7) is 9.14. The number of aromatic nitrogens is 3. The Kier molecular flexibility index (Phi) is 4.60. The molecule has 0 amide bonds. The van der Waals surface area contributed by atoms with Gasteiger partial charge in [-0.05, 0) is 27.3 Å². The Labute approximate surface area is 122 Å². The van der Waals surface area contributed by atoms with Gasteiger partial charge in [0.15, 0.2) is 0 Å². The van der Waals surface area contributed by atoms with Gasteiger partial charge in [-0.25, -0.2) is 4.98 Å². The Hall–Kier alpha value is -0.910. The lowest BCUT2D eigenvalue weighted by molar-refractivity contribution is 0.473. The lowest BCUT2D eigenvalue weighted by Crippen LogP contribution is -2.26. The second-order valence-corrected chi connectivity index (χ2v) is 6.17. The van der Waals surface area contributed by atoms with Crippen LogP contribution in [0.25, 0.3) is 0 Å². The van der Waals surface area contributed by atoms with Gasteiger partial charge in [0.05, 0.1) is 33.7 Å². The summed E-state index contributed by atoms with van der Waals surface area (Å²) in [6.07, 6.45) is 1.71. The van der Waals surface area contributed by atoms with Crippen molar-refractivity contribution in [1.82, 2.24) is 20.1 Å². The molecular formula is C13H19ClN4S. The summed E-state index contributed by atoms with van der Waals surface area (Å²) in [5.41, 5.74) is 2.00. The second-order valence-electron chi connectivity index (χ2n) is 4.70. The highest BCUT2D eigenvalue weighted by Crippen LogP contribution is 2.30. The van der Waals surface area contributed by atoms with Gasteiger partial charge in [0, 0.05) is 11.4 Å². The zero-order valence-corrected chi connectivity index (χ0v) is 13.2. The first-order chi connectivity index (χ1) is 9.04. The fourth-order valence-electron chi connectivity index (χ4n) is 2.09. The molecule has 19 heavy (non-hydrogen) atoms. The molecule has 2 aromatic rings. The lowest BCUT2D eigenvalue weighted by atomic mass is 10.1. The molecule has 0 saturated carbocycles. The molecule has 4 nitrogen and oxygen atoms in total. The maximum Gasteiger partial charge on any atom is 0.0945 e. The Morgan fingerprint density at radius 1 is 1.47 bits per heavy atom. The van der Waals surface area contributed by atoms with Gasteiger partial charge in [-0.3, -0.25) is 4.68 Å². The number of hydrogen-bond donors (Lipinski definition) is 1. The summed E-state index contributed by atoms with van der Waals surface area (Å²) >= 11 is 7.98. The zero-order valence-electron chi connectivity index (χ0n) is 11.6. The van der Waals surface area contributed by atoms with Crippen molar-refractivity contribution in [3.8, 4) is 0 Å². The molecule has 104 valence electrons. The predicted molar refractivity (Wildman–Crippen MR) is 80.0 cm³/mol. The molecule has 0 aliphatic rings. The minimum absolute atomic E-state index is 0.00708. The molecule has 0 fully saturated rings. The van der Waals surface area contributed by atoms with Crippen LogP contribution in [0, 0.1) is 6.92 Å². The van der Waals surface area contributed by atoms with Gasteiger partial charge < -0.3 is 5.32 Å². The normalized spacial score (nSPS) is 13.2. The van der Waals surface area contributed by atoms with Crippen LogP contribution in [0.1, 0.15) is 49.3 Å². The van der Waals surface area contributed by atoms with Crippen molar-refractivity contribution in [3.05, 3.63) is 33.0 Å². The zero-order chi connectivity index (χ0) is 14.0. The molecule has 0 saturated heterocycles. The Morgan fingerprint density at radius 3 is 2.74 bits per heavy atom. The van der Waals surface area contributed by atoms with Gasteiger partial charge in [-0.15, -0.1) is 11.3 Å². The number of hydrogen-bond acceptors (Lipinski definition) is 4. The van der Waals surface area contributed by atoms with E-state index in [0.29, 0.717) is 5.02 Å². The smallest absolute Gasteiger partial charge is 0.0945 e. The first-order valence-corrected chi connectivity index (χ1v) is 7.68. The number of nitrogens with one attached hydrogen (secondary N) is 1. The molecule has 0 radical (unpaired) electrons. The molecule has 2 aromatic heterocycles. The van der Waals surface area contributed by atoms with Gasteiger partial charge in [0.25, 0.3) is 0 Å². The first-order valence-electron chi connectivity index (χ1n) is 6.42. The van der Waals surface area contributed by atoms with Crippen LogP contribution in [-0.2, 0) is 0 Å². The Bertz CT molecular complexity index is 547. The van der Waals surface area contributed by atoms with E-state index in [1.807, 2.05) is 11.6 Å². The van der Waals surface area contributed by atoms with Crippen LogP contribution in [0.5, 0.6) is 0 Å². The number of nitrogens with zero attached hydrogens (tertiary/aromatic N) is 3. The molecule has 6 heteroatoms. The van der Waals surface area contributed by atoms with Crippen LogP contribution < -0.4 is 5.32 Å². The first kappa shape index (κ1) is 14.5. The van der Waals surface area contributed by atoms with E-state index in [9.17, 15) is 0 Å². The molecule has 1 N–H and O–H groups in total. The fourth-order valence-corrected chi connectivity index (χ4v) is 2.97. The summed E-state index contributed by atoms with van der Waals surface area (Å²) in [5, 5.41) is 11.6. The van der Waals surface area contributed by atoms with Gasteiger partial charge in [-0.2, -0.15) is 5.10 Å². The van der Waals surface area contributed by atoms with Crippen LogP contribution in [0.15, 0.2) is 11.6 Å². The second kappa shape index (κ2) is 6.03. The average Bonchev–Trinajstić information content (AvgIpc) is 2.93.